The Morgan fingerprint density at radius 1 is 1.47 bits per heavy atom. The minimum Gasteiger partial charge on any atom is -0.458 e. The monoisotopic (exact) mass is 267 g/mol. The zero-order valence-electron chi connectivity index (χ0n) is 8.88. The third kappa shape index (κ3) is 2.08. The van der Waals surface area contributed by atoms with Crippen LogP contribution in [0.5, 0.6) is 0 Å². The molecule has 1 heterocycles. The number of furan rings is 1. The maximum absolute atomic E-state index is 5.80. The van der Waals surface area contributed by atoms with E-state index in [0.717, 1.165) is 27.7 Å². The van der Waals surface area contributed by atoms with E-state index in [1.165, 1.54) is 0 Å². The summed E-state index contributed by atoms with van der Waals surface area (Å²) < 4.78 is 6.81. The lowest BCUT2D eigenvalue weighted by molar-refractivity contribution is 0.459. The van der Waals surface area contributed by atoms with Crippen LogP contribution in [0, 0.1) is 0 Å². The Morgan fingerprint density at radius 3 is 2.93 bits per heavy atom. The third-order valence-corrected chi connectivity index (χ3v) is 3.08. The van der Waals surface area contributed by atoms with Crippen molar-refractivity contribution in [1.82, 2.24) is 5.32 Å². The SMILES string of the molecule is CCNC(C)c1cc2cccc(Br)c2o1. The van der Waals surface area contributed by atoms with Gasteiger partial charge in [0.2, 0.25) is 0 Å². The smallest absolute Gasteiger partial charge is 0.148 e. The van der Waals surface area contributed by atoms with Gasteiger partial charge in [0.15, 0.2) is 0 Å². The van der Waals surface area contributed by atoms with Crippen LogP contribution in [0.4, 0.5) is 0 Å². The molecule has 1 atom stereocenters. The minimum absolute atomic E-state index is 0.259. The maximum Gasteiger partial charge on any atom is 0.148 e. The van der Waals surface area contributed by atoms with Gasteiger partial charge in [-0.05, 0) is 41.5 Å². The van der Waals surface area contributed by atoms with Crippen molar-refractivity contribution in [2.75, 3.05) is 6.54 Å². The van der Waals surface area contributed by atoms with Gasteiger partial charge in [0.1, 0.15) is 11.3 Å². The highest BCUT2D eigenvalue weighted by Gasteiger charge is 2.11. The average Bonchev–Trinajstić information content (AvgIpc) is 2.63. The van der Waals surface area contributed by atoms with Crippen molar-refractivity contribution in [3.8, 4) is 0 Å². The van der Waals surface area contributed by atoms with E-state index in [0.29, 0.717) is 0 Å². The van der Waals surface area contributed by atoms with Crippen LogP contribution in [0.3, 0.4) is 0 Å². The molecule has 0 amide bonds. The van der Waals surface area contributed by atoms with Crippen molar-refractivity contribution in [2.45, 2.75) is 19.9 Å². The van der Waals surface area contributed by atoms with E-state index in [1.54, 1.807) is 0 Å². The number of rotatable bonds is 3. The summed E-state index contributed by atoms with van der Waals surface area (Å²) >= 11 is 3.48. The summed E-state index contributed by atoms with van der Waals surface area (Å²) in [6, 6.07) is 8.42. The highest BCUT2D eigenvalue weighted by molar-refractivity contribution is 9.10. The Balaban J connectivity index is 2.43. The summed E-state index contributed by atoms with van der Waals surface area (Å²) in [6.45, 7) is 5.14. The summed E-state index contributed by atoms with van der Waals surface area (Å²) in [6.07, 6.45) is 0. The van der Waals surface area contributed by atoms with Gasteiger partial charge in [-0.2, -0.15) is 0 Å². The van der Waals surface area contributed by atoms with E-state index in [2.05, 4.69) is 47.2 Å². The van der Waals surface area contributed by atoms with Gasteiger partial charge in [-0.15, -0.1) is 0 Å². The van der Waals surface area contributed by atoms with Crippen molar-refractivity contribution < 1.29 is 4.42 Å². The molecule has 0 aliphatic carbocycles. The molecule has 0 aliphatic rings. The van der Waals surface area contributed by atoms with E-state index in [9.17, 15) is 0 Å². The van der Waals surface area contributed by atoms with Crippen LogP contribution < -0.4 is 5.32 Å². The van der Waals surface area contributed by atoms with Crippen molar-refractivity contribution in [2.24, 2.45) is 0 Å². The molecule has 2 aromatic rings. The third-order valence-electron chi connectivity index (χ3n) is 2.45. The lowest BCUT2D eigenvalue weighted by Gasteiger charge is -2.07. The molecule has 0 spiro atoms. The predicted octanol–water partition coefficient (Wildman–Crippen LogP) is 3.87. The van der Waals surface area contributed by atoms with Crippen molar-refractivity contribution in [3.63, 3.8) is 0 Å². The van der Waals surface area contributed by atoms with E-state index >= 15 is 0 Å². The summed E-state index contributed by atoms with van der Waals surface area (Å²) in [5.41, 5.74) is 0.928. The number of para-hydroxylation sites is 1. The first-order chi connectivity index (χ1) is 7.22. The summed E-state index contributed by atoms with van der Waals surface area (Å²) in [5, 5.41) is 4.48. The van der Waals surface area contributed by atoms with E-state index in [1.807, 2.05) is 12.1 Å². The maximum atomic E-state index is 5.80. The van der Waals surface area contributed by atoms with Crippen LogP contribution in [-0.4, -0.2) is 6.54 Å². The quantitative estimate of drug-likeness (QED) is 0.914. The number of fused-ring (bicyclic) bond motifs is 1. The number of halogens is 1. The van der Waals surface area contributed by atoms with E-state index in [4.69, 9.17) is 4.42 Å². The zero-order chi connectivity index (χ0) is 10.8. The fourth-order valence-electron chi connectivity index (χ4n) is 1.67. The second-order valence-corrected chi connectivity index (χ2v) is 4.44. The molecule has 3 heteroatoms. The normalized spacial score (nSPS) is 13.3. The second-order valence-electron chi connectivity index (χ2n) is 3.59. The Labute approximate surface area is 97.8 Å². The Bertz CT molecular complexity index is 464. The largest absolute Gasteiger partial charge is 0.458 e. The molecular formula is C12H14BrNO. The van der Waals surface area contributed by atoms with Gasteiger partial charge in [0, 0.05) is 5.39 Å². The molecule has 0 bridgehead atoms. The molecule has 0 fully saturated rings. The average molecular weight is 268 g/mol. The molecule has 2 rings (SSSR count). The predicted molar refractivity (Wildman–Crippen MR) is 66.0 cm³/mol. The molecule has 1 aromatic heterocycles. The first kappa shape index (κ1) is 10.7. The summed E-state index contributed by atoms with van der Waals surface area (Å²) in [7, 11) is 0. The Morgan fingerprint density at radius 2 is 2.27 bits per heavy atom. The van der Waals surface area contributed by atoms with Crippen molar-refractivity contribution >= 4 is 26.9 Å². The molecule has 0 radical (unpaired) electrons. The summed E-state index contributed by atoms with van der Waals surface area (Å²) in [4.78, 5) is 0. The van der Waals surface area contributed by atoms with Crippen molar-refractivity contribution in [3.05, 3.63) is 34.5 Å². The van der Waals surface area contributed by atoms with Crippen LogP contribution in [0.1, 0.15) is 25.6 Å². The lowest BCUT2D eigenvalue weighted by Crippen LogP contribution is -2.16. The van der Waals surface area contributed by atoms with Gasteiger partial charge in [-0.1, -0.05) is 19.1 Å². The minimum atomic E-state index is 0.259. The molecule has 15 heavy (non-hydrogen) atoms. The van der Waals surface area contributed by atoms with Crippen LogP contribution in [-0.2, 0) is 0 Å². The Kier molecular flexibility index (Phi) is 3.12. The highest BCUT2D eigenvalue weighted by atomic mass is 79.9. The number of nitrogens with one attached hydrogen (secondary N) is 1. The first-order valence-electron chi connectivity index (χ1n) is 5.13. The molecular weight excluding hydrogens is 254 g/mol. The number of hydrogen-bond donors (Lipinski definition) is 1. The van der Waals surface area contributed by atoms with Gasteiger partial charge in [0.05, 0.1) is 10.5 Å². The number of benzene rings is 1. The summed E-state index contributed by atoms with van der Waals surface area (Å²) in [5.74, 6) is 0.985. The fourth-order valence-corrected chi connectivity index (χ4v) is 2.13. The van der Waals surface area contributed by atoms with E-state index < -0.39 is 0 Å². The number of hydrogen-bond acceptors (Lipinski definition) is 2. The topological polar surface area (TPSA) is 25.2 Å². The van der Waals surface area contributed by atoms with E-state index in [-0.39, 0.29) is 6.04 Å². The molecule has 0 saturated carbocycles. The molecule has 0 aliphatic heterocycles. The molecule has 80 valence electrons. The first-order valence-corrected chi connectivity index (χ1v) is 5.93. The fraction of sp³-hybridized carbons (Fsp3) is 0.333. The zero-order valence-corrected chi connectivity index (χ0v) is 10.5. The standard InChI is InChI=1S/C12H14BrNO/c1-3-14-8(2)11-7-9-5-4-6-10(13)12(9)15-11/h4-8,14H,3H2,1-2H3. The van der Waals surface area contributed by atoms with Gasteiger partial charge in [-0.3, -0.25) is 0 Å². The van der Waals surface area contributed by atoms with Gasteiger partial charge >= 0.3 is 0 Å². The van der Waals surface area contributed by atoms with Crippen LogP contribution in [0.25, 0.3) is 11.0 Å². The molecule has 0 saturated heterocycles. The Hall–Kier alpha value is -0.800. The van der Waals surface area contributed by atoms with Gasteiger partial charge in [0.25, 0.3) is 0 Å². The molecule has 1 unspecified atom stereocenters. The lowest BCUT2D eigenvalue weighted by atomic mass is 10.2. The van der Waals surface area contributed by atoms with Crippen molar-refractivity contribution in [1.29, 1.82) is 0 Å². The highest BCUT2D eigenvalue weighted by Crippen LogP contribution is 2.29. The van der Waals surface area contributed by atoms with Crippen LogP contribution in [0.2, 0.25) is 0 Å². The van der Waals surface area contributed by atoms with Crippen LogP contribution >= 0.6 is 15.9 Å². The van der Waals surface area contributed by atoms with Gasteiger partial charge in [-0.25, -0.2) is 0 Å². The molecule has 1 aromatic carbocycles. The second kappa shape index (κ2) is 4.37. The van der Waals surface area contributed by atoms with Crippen LogP contribution in [0.15, 0.2) is 33.2 Å². The molecule has 2 nitrogen and oxygen atoms in total. The van der Waals surface area contributed by atoms with Gasteiger partial charge < -0.3 is 9.73 Å². The molecule has 1 N–H and O–H groups in total.